The molecule has 0 bridgehead atoms. The van der Waals surface area contributed by atoms with E-state index < -0.39 is 9.84 Å². The van der Waals surface area contributed by atoms with E-state index in [1.165, 1.54) is 30.0 Å². The van der Waals surface area contributed by atoms with Crippen LogP contribution in [0.5, 0.6) is 5.75 Å². The lowest BCUT2D eigenvalue weighted by molar-refractivity contribution is -0.118. The van der Waals surface area contributed by atoms with Crippen LogP contribution in [-0.2, 0) is 14.6 Å². The summed E-state index contributed by atoms with van der Waals surface area (Å²) >= 11 is 1.37. The molecule has 1 aliphatic rings. The molecule has 2 rings (SSSR count). The Morgan fingerprint density at radius 1 is 1.41 bits per heavy atom. The molecule has 0 saturated carbocycles. The lowest BCUT2D eigenvalue weighted by Crippen LogP contribution is -2.19. The molecule has 0 spiro atoms. The maximum Gasteiger partial charge on any atom is 0.231 e. The molecule has 0 aromatic heterocycles. The van der Waals surface area contributed by atoms with Crippen molar-refractivity contribution in [3.8, 4) is 5.75 Å². The van der Waals surface area contributed by atoms with Gasteiger partial charge < -0.3 is 10.4 Å². The molecule has 1 unspecified atom stereocenters. The van der Waals surface area contributed by atoms with Crippen LogP contribution in [0, 0.1) is 0 Å². The number of phenolic OH excluding ortho intramolecular Hbond substituents is 1. The Hall–Kier alpha value is -1.21. The first-order chi connectivity index (χ1) is 7.86. The molecular weight excluding hydrogens is 262 g/mol. The van der Waals surface area contributed by atoms with Crippen molar-refractivity contribution in [2.75, 3.05) is 12.0 Å². The molecule has 1 aliphatic heterocycles. The molecule has 0 aliphatic carbocycles. The maximum atomic E-state index is 11.4. The number of carbonyl (C=O) groups is 1. The van der Waals surface area contributed by atoms with Gasteiger partial charge in [0.2, 0.25) is 5.91 Å². The van der Waals surface area contributed by atoms with Gasteiger partial charge in [-0.25, -0.2) is 8.42 Å². The second-order valence-corrected chi connectivity index (χ2v) is 6.90. The summed E-state index contributed by atoms with van der Waals surface area (Å²) < 4.78 is 22.8. The Morgan fingerprint density at radius 2 is 2.12 bits per heavy atom. The minimum atomic E-state index is -3.37. The Morgan fingerprint density at radius 3 is 2.65 bits per heavy atom. The van der Waals surface area contributed by atoms with Crippen LogP contribution in [0.4, 0.5) is 0 Å². The number of hydrogen-bond acceptors (Lipinski definition) is 5. The summed E-state index contributed by atoms with van der Waals surface area (Å²) in [5.41, 5.74) is 0.585. The summed E-state index contributed by atoms with van der Waals surface area (Å²) in [6.45, 7) is 0. The van der Waals surface area contributed by atoms with Gasteiger partial charge in [-0.15, -0.1) is 11.8 Å². The van der Waals surface area contributed by atoms with Gasteiger partial charge in [0.15, 0.2) is 9.84 Å². The van der Waals surface area contributed by atoms with Gasteiger partial charge in [0, 0.05) is 6.26 Å². The van der Waals surface area contributed by atoms with Crippen molar-refractivity contribution in [3.63, 3.8) is 0 Å². The predicted octanol–water partition coefficient (Wildman–Crippen LogP) is 0.657. The molecule has 1 atom stereocenters. The zero-order valence-corrected chi connectivity index (χ0v) is 10.6. The first kappa shape index (κ1) is 12.3. The number of thioether (sulfide) groups is 1. The van der Waals surface area contributed by atoms with Gasteiger partial charge in [-0.1, -0.05) is 0 Å². The van der Waals surface area contributed by atoms with Crippen LogP contribution in [0.1, 0.15) is 10.9 Å². The zero-order valence-electron chi connectivity index (χ0n) is 9.00. The van der Waals surface area contributed by atoms with Crippen LogP contribution in [0.3, 0.4) is 0 Å². The maximum absolute atomic E-state index is 11.4. The summed E-state index contributed by atoms with van der Waals surface area (Å²) in [6.07, 6.45) is 1.08. The van der Waals surface area contributed by atoms with Crippen molar-refractivity contribution < 1.29 is 18.3 Å². The van der Waals surface area contributed by atoms with Crippen LogP contribution in [-0.4, -0.2) is 31.4 Å². The quantitative estimate of drug-likeness (QED) is 0.827. The average Bonchev–Trinajstić information content (AvgIpc) is 2.62. The van der Waals surface area contributed by atoms with Gasteiger partial charge in [0.05, 0.1) is 10.6 Å². The van der Waals surface area contributed by atoms with Gasteiger partial charge in [-0.05, 0) is 23.8 Å². The number of hydrogen-bond donors (Lipinski definition) is 2. The second kappa shape index (κ2) is 4.23. The van der Waals surface area contributed by atoms with Crippen molar-refractivity contribution in [1.82, 2.24) is 5.32 Å². The van der Waals surface area contributed by atoms with E-state index >= 15 is 0 Å². The van der Waals surface area contributed by atoms with Crippen LogP contribution in [0.2, 0.25) is 0 Å². The second-order valence-electron chi connectivity index (χ2n) is 3.79. The molecule has 1 aromatic rings. The van der Waals surface area contributed by atoms with Crippen LogP contribution in [0.15, 0.2) is 23.1 Å². The third kappa shape index (κ3) is 2.73. The van der Waals surface area contributed by atoms with E-state index in [1.54, 1.807) is 0 Å². The van der Waals surface area contributed by atoms with E-state index in [0.717, 1.165) is 6.26 Å². The molecule has 92 valence electrons. The van der Waals surface area contributed by atoms with E-state index in [-0.39, 0.29) is 21.9 Å². The summed E-state index contributed by atoms with van der Waals surface area (Å²) in [6, 6.07) is 4.12. The first-order valence-electron chi connectivity index (χ1n) is 4.81. The largest absolute Gasteiger partial charge is 0.508 e. The Balaban J connectivity index is 2.42. The van der Waals surface area contributed by atoms with Crippen LogP contribution < -0.4 is 5.32 Å². The fourth-order valence-electron chi connectivity index (χ4n) is 1.54. The number of carbonyl (C=O) groups excluding carboxylic acids is 1. The van der Waals surface area contributed by atoms with Crippen molar-refractivity contribution in [1.29, 1.82) is 0 Å². The van der Waals surface area contributed by atoms with E-state index in [0.29, 0.717) is 11.3 Å². The van der Waals surface area contributed by atoms with Crippen molar-refractivity contribution in [3.05, 3.63) is 23.8 Å². The van der Waals surface area contributed by atoms with Gasteiger partial charge in [-0.3, -0.25) is 4.79 Å². The van der Waals surface area contributed by atoms with E-state index in [4.69, 9.17) is 0 Å². The number of sulfone groups is 1. The molecular formula is C10H11NO4S2. The molecule has 2 N–H and O–H groups in total. The SMILES string of the molecule is CS(=O)(=O)c1cc(O)cc(C2NC(=O)CS2)c1. The van der Waals surface area contributed by atoms with Gasteiger partial charge in [0.25, 0.3) is 0 Å². The van der Waals surface area contributed by atoms with Gasteiger partial charge in [-0.2, -0.15) is 0 Å². The smallest absolute Gasteiger partial charge is 0.231 e. The molecule has 5 nitrogen and oxygen atoms in total. The number of amides is 1. The summed E-state index contributed by atoms with van der Waals surface area (Å²) in [5.74, 6) is 0.128. The molecule has 0 radical (unpaired) electrons. The number of rotatable bonds is 2. The fraction of sp³-hybridized carbons (Fsp3) is 0.300. The van der Waals surface area contributed by atoms with E-state index in [9.17, 15) is 18.3 Å². The Bertz CT molecular complexity index is 568. The third-order valence-corrected chi connectivity index (χ3v) is 4.56. The molecule has 1 fully saturated rings. The summed E-state index contributed by atoms with van der Waals surface area (Å²) in [5, 5.41) is 11.9. The number of benzene rings is 1. The van der Waals surface area contributed by atoms with Crippen molar-refractivity contribution in [2.45, 2.75) is 10.3 Å². The minimum Gasteiger partial charge on any atom is -0.508 e. The lowest BCUT2D eigenvalue weighted by atomic mass is 10.2. The number of nitrogens with one attached hydrogen (secondary N) is 1. The third-order valence-electron chi connectivity index (χ3n) is 2.32. The highest BCUT2D eigenvalue weighted by atomic mass is 32.2. The molecule has 1 amide bonds. The minimum absolute atomic E-state index is 0.0502. The average molecular weight is 273 g/mol. The van der Waals surface area contributed by atoms with Crippen molar-refractivity contribution in [2.24, 2.45) is 0 Å². The standard InChI is InChI=1S/C10H11NO4S2/c1-17(14,15)8-3-6(2-7(12)4-8)10-11-9(13)5-16-10/h2-4,10,12H,5H2,1H3,(H,11,13). The predicted molar refractivity (Wildman–Crippen MR) is 64.6 cm³/mol. The fourth-order valence-corrected chi connectivity index (χ4v) is 3.17. The Labute approximate surface area is 103 Å². The van der Waals surface area contributed by atoms with E-state index in [1.807, 2.05) is 0 Å². The highest BCUT2D eigenvalue weighted by molar-refractivity contribution is 8.00. The normalized spacial score (nSPS) is 20.3. The molecule has 1 saturated heterocycles. The monoisotopic (exact) mass is 273 g/mol. The molecule has 7 heteroatoms. The van der Waals surface area contributed by atoms with Gasteiger partial charge in [0.1, 0.15) is 11.1 Å². The molecule has 1 aromatic carbocycles. The topological polar surface area (TPSA) is 83.5 Å². The highest BCUT2D eigenvalue weighted by Gasteiger charge is 2.24. The van der Waals surface area contributed by atoms with Gasteiger partial charge >= 0.3 is 0 Å². The summed E-state index contributed by atoms with van der Waals surface area (Å²) in [4.78, 5) is 11.1. The summed E-state index contributed by atoms with van der Waals surface area (Å²) in [7, 11) is -3.37. The number of phenols is 1. The lowest BCUT2D eigenvalue weighted by Gasteiger charge is -2.11. The zero-order chi connectivity index (χ0) is 12.6. The first-order valence-corrected chi connectivity index (χ1v) is 7.75. The van der Waals surface area contributed by atoms with Crippen LogP contribution >= 0.6 is 11.8 Å². The Kier molecular flexibility index (Phi) is 3.05. The van der Waals surface area contributed by atoms with E-state index in [2.05, 4.69) is 5.32 Å². The van der Waals surface area contributed by atoms with Crippen molar-refractivity contribution >= 4 is 27.5 Å². The highest BCUT2D eigenvalue weighted by Crippen LogP contribution is 2.33. The number of aromatic hydroxyl groups is 1. The van der Waals surface area contributed by atoms with Crippen LogP contribution in [0.25, 0.3) is 0 Å². The molecule has 1 heterocycles. The molecule has 17 heavy (non-hydrogen) atoms.